The van der Waals surface area contributed by atoms with Crippen LogP contribution in [0.5, 0.6) is 0 Å². The van der Waals surface area contributed by atoms with Gasteiger partial charge in [-0.25, -0.2) is 0 Å². The lowest BCUT2D eigenvalue weighted by atomic mass is 10.2. The molecule has 1 amide bonds. The maximum atomic E-state index is 11.7. The van der Waals surface area contributed by atoms with Gasteiger partial charge in [0.15, 0.2) is 0 Å². The molecule has 0 fully saturated rings. The molecule has 1 rings (SSSR count). The Morgan fingerprint density at radius 1 is 1.56 bits per heavy atom. The fourth-order valence-electron chi connectivity index (χ4n) is 1.57. The summed E-state index contributed by atoms with van der Waals surface area (Å²) in [6.45, 7) is 3.25. The van der Waals surface area contributed by atoms with E-state index in [1.165, 1.54) is 0 Å². The van der Waals surface area contributed by atoms with Crippen LogP contribution >= 0.6 is 11.6 Å². The predicted octanol–water partition coefficient (Wildman–Crippen LogP) is 1.71. The number of carbonyl (C=O) groups is 1. The molecular formula is C13H19ClN2O2. The Morgan fingerprint density at radius 3 is 2.94 bits per heavy atom. The van der Waals surface area contributed by atoms with Crippen molar-refractivity contribution in [2.24, 2.45) is 5.73 Å². The molecule has 0 heterocycles. The minimum Gasteiger partial charge on any atom is -0.377 e. The molecule has 0 radical (unpaired) electrons. The van der Waals surface area contributed by atoms with Gasteiger partial charge < -0.3 is 15.8 Å². The largest absolute Gasteiger partial charge is 0.377 e. The number of nitrogens with one attached hydrogen (secondary N) is 1. The van der Waals surface area contributed by atoms with Crippen molar-refractivity contribution in [2.75, 3.05) is 13.2 Å². The van der Waals surface area contributed by atoms with Crippen molar-refractivity contribution in [3.05, 3.63) is 34.9 Å². The van der Waals surface area contributed by atoms with E-state index in [4.69, 9.17) is 22.1 Å². The molecule has 0 bridgehead atoms. The molecular weight excluding hydrogens is 252 g/mol. The van der Waals surface area contributed by atoms with Crippen LogP contribution < -0.4 is 11.1 Å². The Labute approximate surface area is 112 Å². The van der Waals surface area contributed by atoms with Crippen LogP contribution in [0.4, 0.5) is 0 Å². The number of hydrogen-bond acceptors (Lipinski definition) is 3. The van der Waals surface area contributed by atoms with Crippen LogP contribution in [0.15, 0.2) is 24.3 Å². The van der Waals surface area contributed by atoms with E-state index >= 15 is 0 Å². The van der Waals surface area contributed by atoms with E-state index in [0.29, 0.717) is 24.7 Å². The number of halogens is 1. The highest BCUT2D eigenvalue weighted by atomic mass is 35.5. The maximum Gasteiger partial charge on any atom is 0.222 e. The number of nitrogens with two attached hydrogens (primary N) is 1. The molecule has 4 nitrogen and oxygen atoms in total. The number of carbonyl (C=O) groups excluding carboxylic acids is 1. The average molecular weight is 271 g/mol. The second-order valence-corrected chi connectivity index (χ2v) is 4.36. The van der Waals surface area contributed by atoms with Crippen molar-refractivity contribution in [3.63, 3.8) is 0 Å². The van der Waals surface area contributed by atoms with Crippen molar-refractivity contribution in [3.8, 4) is 0 Å². The SMILES string of the molecule is CCOC(CN)CC(=O)NCc1cccc(Cl)c1. The first-order valence-corrected chi connectivity index (χ1v) is 6.36. The van der Waals surface area contributed by atoms with E-state index in [9.17, 15) is 4.79 Å². The summed E-state index contributed by atoms with van der Waals surface area (Å²) in [5, 5.41) is 3.48. The first-order valence-electron chi connectivity index (χ1n) is 5.98. The molecule has 1 aromatic rings. The van der Waals surface area contributed by atoms with Gasteiger partial charge in [0, 0.05) is 24.7 Å². The Hall–Kier alpha value is -1.10. The molecule has 0 aliphatic rings. The third-order valence-electron chi connectivity index (χ3n) is 2.46. The van der Waals surface area contributed by atoms with Crippen LogP contribution in [-0.4, -0.2) is 25.2 Å². The fraction of sp³-hybridized carbons (Fsp3) is 0.462. The zero-order valence-corrected chi connectivity index (χ0v) is 11.2. The number of ether oxygens (including phenoxy) is 1. The molecule has 0 saturated heterocycles. The standard InChI is InChI=1S/C13H19ClN2O2/c1-2-18-12(8-15)7-13(17)16-9-10-4-3-5-11(14)6-10/h3-6,12H,2,7-9,15H2,1H3,(H,16,17). The maximum absolute atomic E-state index is 11.7. The lowest BCUT2D eigenvalue weighted by Gasteiger charge is -2.14. The summed E-state index contributed by atoms with van der Waals surface area (Å²) < 4.78 is 5.33. The Kier molecular flexibility index (Phi) is 6.72. The van der Waals surface area contributed by atoms with E-state index in [0.717, 1.165) is 5.56 Å². The summed E-state index contributed by atoms with van der Waals surface area (Å²) in [6, 6.07) is 7.39. The monoisotopic (exact) mass is 270 g/mol. The zero-order valence-electron chi connectivity index (χ0n) is 10.5. The summed E-state index contributed by atoms with van der Waals surface area (Å²) in [5.41, 5.74) is 6.48. The van der Waals surface area contributed by atoms with Gasteiger partial charge in [0.1, 0.15) is 0 Å². The number of rotatable bonds is 7. The zero-order chi connectivity index (χ0) is 13.4. The minimum absolute atomic E-state index is 0.0705. The third-order valence-corrected chi connectivity index (χ3v) is 2.69. The van der Waals surface area contributed by atoms with Crippen molar-refractivity contribution in [1.82, 2.24) is 5.32 Å². The van der Waals surface area contributed by atoms with Gasteiger partial charge in [-0.05, 0) is 24.6 Å². The quantitative estimate of drug-likeness (QED) is 0.793. The van der Waals surface area contributed by atoms with Crippen LogP contribution in [-0.2, 0) is 16.1 Å². The number of benzene rings is 1. The highest BCUT2D eigenvalue weighted by Gasteiger charge is 2.11. The van der Waals surface area contributed by atoms with Crippen LogP contribution in [0.25, 0.3) is 0 Å². The highest BCUT2D eigenvalue weighted by molar-refractivity contribution is 6.30. The highest BCUT2D eigenvalue weighted by Crippen LogP contribution is 2.10. The van der Waals surface area contributed by atoms with Gasteiger partial charge in [-0.3, -0.25) is 4.79 Å². The van der Waals surface area contributed by atoms with Crippen LogP contribution in [0.3, 0.4) is 0 Å². The molecule has 18 heavy (non-hydrogen) atoms. The molecule has 0 aliphatic carbocycles. The lowest BCUT2D eigenvalue weighted by molar-refractivity contribution is -0.123. The molecule has 100 valence electrons. The summed E-state index contributed by atoms with van der Waals surface area (Å²) >= 11 is 5.86. The smallest absolute Gasteiger partial charge is 0.222 e. The van der Waals surface area contributed by atoms with Gasteiger partial charge >= 0.3 is 0 Å². The molecule has 1 unspecified atom stereocenters. The molecule has 0 aromatic heterocycles. The van der Waals surface area contributed by atoms with Gasteiger partial charge in [-0.2, -0.15) is 0 Å². The van der Waals surface area contributed by atoms with Crippen LogP contribution in [0.2, 0.25) is 5.02 Å². The molecule has 1 aromatic carbocycles. The Bertz CT molecular complexity index is 385. The van der Waals surface area contributed by atoms with Gasteiger partial charge in [-0.1, -0.05) is 23.7 Å². The van der Waals surface area contributed by atoms with Crippen molar-refractivity contribution in [1.29, 1.82) is 0 Å². The van der Waals surface area contributed by atoms with Crippen LogP contribution in [0, 0.1) is 0 Å². The van der Waals surface area contributed by atoms with E-state index < -0.39 is 0 Å². The molecule has 0 spiro atoms. The number of hydrogen-bond donors (Lipinski definition) is 2. The van der Waals surface area contributed by atoms with Crippen molar-refractivity contribution < 1.29 is 9.53 Å². The predicted molar refractivity (Wildman–Crippen MR) is 72.4 cm³/mol. The number of amides is 1. The topological polar surface area (TPSA) is 64.3 Å². The van der Waals surface area contributed by atoms with E-state index in [1.807, 2.05) is 25.1 Å². The summed E-state index contributed by atoms with van der Waals surface area (Å²) in [4.78, 5) is 11.7. The molecule has 0 aliphatic heterocycles. The minimum atomic E-state index is -0.214. The van der Waals surface area contributed by atoms with Gasteiger partial charge in [0.2, 0.25) is 5.91 Å². The Morgan fingerprint density at radius 2 is 2.33 bits per heavy atom. The summed E-state index contributed by atoms with van der Waals surface area (Å²) in [7, 11) is 0. The lowest BCUT2D eigenvalue weighted by Crippen LogP contribution is -2.32. The van der Waals surface area contributed by atoms with Crippen LogP contribution in [0.1, 0.15) is 18.9 Å². The Balaban J connectivity index is 2.36. The van der Waals surface area contributed by atoms with E-state index in [2.05, 4.69) is 5.32 Å². The fourth-order valence-corrected chi connectivity index (χ4v) is 1.79. The van der Waals surface area contributed by atoms with E-state index in [1.54, 1.807) is 6.07 Å². The second kappa shape index (κ2) is 8.08. The normalized spacial score (nSPS) is 12.2. The summed E-state index contributed by atoms with van der Waals surface area (Å²) in [6.07, 6.45) is 0.0691. The third kappa shape index (κ3) is 5.49. The van der Waals surface area contributed by atoms with Gasteiger partial charge in [0.25, 0.3) is 0 Å². The average Bonchev–Trinajstić information content (AvgIpc) is 2.36. The molecule has 5 heteroatoms. The van der Waals surface area contributed by atoms with Gasteiger partial charge in [0.05, 0.1) is 12.5 Å². The second-order valence-electron chi connectivity index (χ2n) is 3.92. The first kappa shape index (κ1) is 15.0. The van der Waals surface area contributed by atoms with Crippen molar-refractivity contribution in [2.45, 2.75) is 26.0 Å². The molecule has 1 atom stereocenters. The molecule has 3 N–H and O–H groups in total. The summed E-state index contributed by atoms with van der Waals surface area (Å²) in [5.74, 6) is -0.0705. The van der Waals surface area contributed by atoms with E-state index in [-0.39, 0.29) is 18.4 Å². The molecule has 0 saturated carbocycles. The van der Waals surface area contributed by atoms with Crippen molar-refractivity contribution >= 4 is 17.5 Å². The van der Waals surface area contributed by atoms with Gasteiger partial charge in [-0.15, -0.1) is 0 Å². The first-order chi connectivity index (χ1) is 8.65.